The molecule has 148 valence electrons. The number of fused-ring (bicyclic) bond motifs is 1. The highest BCUT2D eigenvalue weighted by atomic mass is 32.2. The summed E-state index contributed by atoms with van der Waals surface area (Å²) >= 11 is 0.861. The van der Waals surface area contributed by atoms with Gasteiger partial charge in [-0.3, -0.25) is 19.9 Å². The molecule has 1 N–H and O–H groups in total. The number of pyridine rings is 1. The molecule has 0 saturated carbocycles. The minimum Gasteiger partial charge on any atom is -0.456 e. The first-order valence-corrected chi connectivity index (χ1v) is 9.96. The van der Waals surface area contributed by atoms with Crippen molar-refractivity contribution in [3.8, 4) is 11.1 Å². The largest absolute Gasteiger partial charge is 0.456 e. The van der Waals surface area contributed by atoms with Crippen molar-refractivity contribution >= 4 is 40.0 Å². The van der Waals surface area contributed by atoms with Gasteiger partial charge in [0, 0.05) is 29.4 Å². The molecule has 1 aromatic carbocycles. The van der Waals surface area contributed by atoms with Gasteiger partial charge in [0.15, 0.2) is 0 Å². The van der Waals surface area contributed by atoms with Crippen molar-refractivity contribution in [2.75, 3.05) is 0 Å². The van der Waals surface area contributed by atoms with Crippen LogP contribution in [-0.2, 0) is 16.1 Å². The van der Waals surface area contributed by atoms with E-state index in [0.29, 0.717) is 22.9 Å². The minimum atomic E-state index is -0.410. The van der Waals surface area contributed by atoms with Gasteiger partial charge in [0.2, 0.25) is 0 Å². The van der Waals surface area contributed by atoms with Crippen LogP contribution in [0.4, 0.5) is 4.79 Å². The van der Waals surface area contributed by atoms with Gasteiger partial charge < -0.3 is 9.15 Å². The maximum absolute atomic E-state index is 11.8. The number of carbonyl (C=O) groups is 2. The van der Waals surface area contributed by atoms with E-state index in [1.807, 2.05) is 45.0 Å². The van der Waals surface area contributed by atoms with Gasteiger partial charge in [-0.2, -0.15) is 0 Å². The van der Waals surface area contributed by atoms with Crippen molar-refractivity contribution in [3.63, 3.8) is 0 Å². The average Bonchev–Trinajstić information content (AvgIpc) is 3.21. The first-order valence-electron chi connectivity index (χ1n) is 9.14. The highest BCUT2D eigenvalue weighted by Crippen LogP contribution is 2.33. The number of carbonyl (C=O) groups excluding carboxylic acids is 2. The summed E-state index contributed by atoms with van der Waals surface area (Å²) in [7, 11) is 0. The van der Waals surface area contributed by atoms with Crippen LogP contribution < -0.4 is 5.32 Å². The molecule has 0 bridgehead atoms. The third-order valence-electron chi connectivity index (χ3n) is 4.29. The average molecular weight is 408 g/mol. The fourth-order valence-electron chi connectivity index (χ4n) is 2.89. The molecular formula is C22H20N2O4S. The van der Waals surface area contributed by atoms with Crippen molar-refractivity contribution < 1.29 is 18.7 Å². The number of benzene rings is 1. The van der Waals surface area contributed by atoms with E-state index in [-0.39, 0.29) is 10.8 Å². The highest BCUT2D eigenvalue weighted by Gasteiger charge is 2.25. The summed E-state index contributed by atoms with van der Waals surface area (Å²) < 4.78 is 11.8. The van der Waals surface area contributed by atoms with E-state index >= 15 is 0 Å². The summed E-state index contributed by atoms with van der Waals surface area (Å²) in [5.74, 6) is 0.0867. The molecule has 1 fully saturated rings. The van der Waals surface area contributed by atoms with Gasteiger partial charge in [0.25, 0.3) is 11.1 Å². The van der Waals surface area contributed by atoms with Crippen LogP contribution in [0.15, 0.2) is 52.0 Å². The third kappa shape index (κ3) is 4.41. The number of furan rings is 1. The minimum absolute atomic E-state index is 0.188. The molecule has 0 atom stereocenters. The zero-order valence-corrected chi connectivity index (χ0v) is 17.1. The van der Waals surface area contributed by atoms with Crippen LogP contribution in [0, 0.1) is 0 Å². The zero-order chi connectivity index (χ0) is 20.6. The SMILES string of the molecule is CC(C)(C)OCc1ccc(-c2cncc3cc(C=C4SC(=O)NC4=O)oc23)cc1. The normalized spacial score (nSPS) is 16.0. The van der Waals surface area contributed by atoms with Crippen LogP contribution in [0.3, 0.4) is 0 Å². The summed E-state index contributed by atoms with van der Waals surface area (Å²) in [4.78, 5) is 27.7. The lowest BCUT2D eigenvalue weighted by Gasteiger charge is -2.19. The number of hydrogen-bond acceptors (Lipinski definition) is 6. The van der Waals surface area contributed by atoms with E-state index in [4.69, 9.17) is 9.15 Å². The molecule has 1 aliphatic heterocycles. The molecule has 3 aromatic rings. The van der Waals surface area contributed by atoms with Crippen molar-refractivity contribution in [2.45, 2.75) is 33.0 Å². The second-order valence-corrected chi connectivity index (χ2v) is 8.72. The van der Waals surface area contributed by atoms with E-state index < -0.39 is 5.91 Å². The smallest absolute Gasteiger partial charge is 0.290 e. The zero-order valence-electron chi connectivity index (χ0n) is 16.3. The molecule has 3 heterocycles. The number of rotatable bonds is 4. The topological polar surface area (TPSA) is 81.4 Å². The summed E-state index contributed by atoms with van der Waals surface area (Å²) in [6, 6.07) is 9.88. The van der Waals surface area contributed by atoms with Gasteiger partial charge >= 0.3 is 0 Å². The summed E-state index contributed by atoms with van der Waals surface area (Å²) in [6.07, 6.45) is 5.04. The Morgan fingerprint density at radius 1 is 1.17 bits per heavy atom. The second-order valence-electron chi connectivity index (χ2n) is 7.70. The lowest BCUT2D eigenvalue weighted by atomic mass is 10.0. The molecule has 1 saturated heterocycles. The molecule has 0 unspecified atom stereocenters. The number of hydrogen-bond donors (Lipinski definition) is 1. The van der Waals surface area contributed by atoms with E-state index in [0.717, 1.165) is 33.8 Å². The maximum atomic E-state index is 11.8. The first-order chi connectivity index (χ1) is 13.8. The van der Waals surface area contributed by atoms with E-state index in [1.54, 1.807) is 24.5 Å². The first kappa shape index (κ1) is 19.4. The van der Waals surface area contributed by atoms with Crippen LogP contribution in [0.2, 0.25) is 0 Å². The molecule has 1 aliphatic rings. The molecule has 0 radical (unpaired) electrons. The van der Waals surface area contributed by atoms with Crippen LogP contribution >= 0.6 is 11.8 Å². The fourth-order valence-corrected chi connectivity index (χ4v) is 3.55. The van der Waals surface area contributed by atoms with Gasteiger partial charge in [0.1, 0.15) is 11.3 Å². The van der Waals surface area contributed by atoms with Crippen molar-refractivity contribution in [3.05, 3.63) is 59.0 Å². The van der Waals surface area contributed by atoms with Crippen molar-refractivity contribution in [2.24, 2.45) is 0 Å². The molecule has 6 nitrogen and oxygen atoms in total. The molecule has 2 aromatic heterocycles. The number of aromatic nitrogens is 1. The number of amides is 2. The summed E-state index contributed by atoms with van der Waals surface area (Å²) in [5, 5.41) is 2.68. The van der Waals surface area contributed by atoms with Crippen LogP contribution in [-0.4, -0.2) is 21.7 Å². The molecule has 2 amide bonds. The number of nitrogens with one attached hydrogen (secondary N) is 1. The Bertz CT molecular complexity index is 1120. The van der Waals surface area contributed by atoms with Gasteiger partial charge in [-0.05, 0) is 49.7 Å². The lowest BCUT2D eigenvalue weighted by molar-refractivity contribution is -0.115. The van der Waals surface area contributed by atoms with Gasteiger partial charge in [-0.25, -0.2) is 0 Å². The molecule has 7 heteroatoms. The van der Waals surface area contributed by atoms with E-state index in [1.165, 1.54) is 0 Å². The maximum Gasteiger partial charge on any atom is 0.290 e. The summed E-state index contributed by atoms with van der Waals surface area (Å²) in [6.45, 7) is 6.63. The molecule has 0 aliphatic carbocycles. The lowest BCUT2D eigenvalue weighted by Crippen LogP contribution is -2.18. The Morgan fingerprint density at radius 3 is 2.59 bits per heavy atom. The number of thioether (sulfide) groups is 1. The second kappa shape index (κ2) is 7.50. The number of nitrogens with zero attached hydrogens (tertiary/aromatic N) is 1. The van der Waals surface area contributed by atoms with Crippen LogP contribution in [0.1, 0.15) is 32.1 Å². The Labute approximate surface area is 172 Å². The third-order valence-corrected chi connectivity index (χ3v) is 5.10. The predicted octanol–water partition coefficient (Wildman–Crippen LogP) is 5.13. The predicted molar refractivity (Wildman–Crippen MR) is 113 cm³/mol. The van der Waals surface area contributed by atoms with E-state index in [2.05, 4.69) is 10.3 Å². The summed E-state index contributed by atoms with van der Waals surface area (Å²) in [5.41, 5.74) is 3.41. The fraction of sp³-hybridized carbons (Fsp3) is 0.227. The Balaban J connectivity index is 1.63. The Kier molecular flexibility index (Phi) is 5.02. The van der Waals surface area contributed by atoms with E-state index in [9.17, 15) is 9.59 Å². The molecular weight excluding hydrogens is 388 g/mol. The quantitative estimate of drug-likeness (QED) is 0.603. The number of imide groups is 1. The van der Waals surface area contributed by atoms with Crippen LogP contribution in [0.5, 0.6) is 0 Å². The van der Waals surface area contributed by atoms with Crippen LogP contribution in [0.25, 0.3) is 28.2 Å². The van der Waals surface area contributed by atoms with Crippen molar-refractivity contribution in [1.29, 1.82) is 0 Å². The highest BCUT2D eigenvalue weighted by molar-refractivity contribution is 8.18. The Hall–Kier alpha value is -2.90. The monoisotopic (exact) mass is 408 g/mol. The Morgan fingerprint density at radius 2 is 1.93 bits per heavy atom. The number of ether oxygens (including phenoxy) is 1. The molecule has 0 spiro atoms. The standard InChI is InChI=1S/C22H20N2O4S/c1-22(2,3)27-12-13-4-6-14(7-5-13)17-11-23-10-15-8-16(28-19(15)17)9-18-20(25)24-21(26)29-18/h4-11H,12H2,1-3H3,(H,24,25,26). The van der Waals surface area contributed by atoms with Gasteiger partial charge in [0.05, 0.1) is 17.1 Å². The van der Waals surface area contributed by atoms with Gasteiger partial charge in [-0.1, -0.05) is 24.3 Å². The molecule has 4 rings (SSSR count). The van der Waals surface area contributed by atoms with Gasteiger partial charge in [-0.15, -0.1) is 0 Å². The van der Waals surface area contributed by atoms with Crippen molar-refractivity contribution in [1.82, 2.24) is 10.3 Å². The molecule has 29 heavy (non-hydrogen) atoms.